The maximum absolute atomic E-state index is 11.1. The second-order valence-electron chi connectivity index (χ2n) is 5.53. The number of carbonyl (C=O) groups is 1. The number of nitrogens with zero attached hydrogens (tertiary/aromatic N) is 3. The van der Waals surface area contributed by atoms with Crippen LogP contribution >= 0.6 is 0 Å². The third-order valence-electron chi connectivity index (χ3n) is 4.18. The molecule has 7 nitrogen and oxygen atoms in total. The molecule has 0 aliphatic carbocycles. The van der Waals surface area contributed by atoms with E-state index in [2.05, 4.69) is 19.9 Å². The number of rotatable bonds is 2. The number of benzene rings is 1. The monoisotopic (exact) mass is 310 g/mol. The quantitative estimate of drug-likeness (QED) is 0.668. The highest BCUT2D eigenvalue weighted by molar-refractivity contribution is 5.96. The molecule has 3 aromatic rings. The average molecular weight is 310 g/mol. The zero-order valence-corrected chi connectivity index (χ0v) is 12.2. The first-order valence-electron chi connectivity index (χ1n) is 7.25. The smallest absolute Gasteiger partial charge is 0.352 e. The maximum Gasteiger partial charge on any atom is 0.352 e. The Hall–Kier alpha value is -3.09. The first-order chi connectivity index (χ1) is 11.1. The lowest BCUT2D eigenvalue weighted by Crippen LogP contribution is -2.31. The van der Waals surface area contributed by atoms with E-state index in [0.717, 1.165) is 11.1 Å². The van der Waals surface area contributed by atoms with Gasteiger partial charge in [-0.1, -0.05) is 12.1 Å². The lowest BCUT2D eigenvalue weighted by atomic mass is 9.98. The number of fused-ring (bicyclic) bond motifs is 2. The minimum Gasteiger partial charge on any atom is -0.508 e. The largest absolute Gasteiger partial charge is 0.508 e. The molecule has 2 aromatic heterocycles. The van der Waals surface area contributed by atoms with E-state index in [1.807, 2.05) is 12.1 Å². The summed E-state index contributed by atoms with van der Waals surface area (Å²) in [5.41, 5.74) is 2.62. The molecule has 3 heterocycles. The number of anilines is 1. The van der Waals surface area contributed by atoms with Crippen molar-refractivity contribution in [2.45, 2.75) is 13.0 Å². The van der Waals surface area contributed by atoms with Crippen molar-refractivity contribution in [3.8, 4) is 5.75 Å². The zero-order valence-electron chi connectivity index (χ0n) is 12.2. The SMILES string of the molecule is O=C(O)c1cc2c(N3CCc4c(O)cccc4C3)ncnc2[nH]1. The predicted octanol–water partition coefficient (Wildman–Crippen LogP) is 1.92. The summed E-state index contributed by atoms with van der Waals surface area (Å²) in [7, 11) is 0. The van der Waals surface area contributed by atoms with Gasteiger partial charge < -0.3 is 20.1 Å². The average Bonchev–Trinajstić information content (AvgIpc) is 2.99. The molecule has 3 N–H and O–H groups in total. The number of carboxylic acids is 1. The molecule has 1 aliphatic heterocycles. The van der Waals surface area contributed by atoms with E-state index >= 15 is 0 Å². The lowest BCUT2D eigenvalue weighted by molar-refractivity contribution is 0.0691. The highest BCUT2D eigenvalue weighted by Gasteiger charge is 2.22. The fourth-order valence-corrected chi connectivity index (χ4v) is 3.06. The van der Waals surface area contributed by atoms with Crippen LogP contribution in [0.2, 0.25) is 0 Å². The van der Waals surface area contributed by atoms with Gasteiger partial charge in [-0.3, -0.25) is 0 Å². The Kier molecular flexibility index (Phi) is 2.94. The van der Waals surface area contributed by atoms with Crippen molar-refractivity contribution in [1.82, 2.24) is 15.0 Å². The summed E-state index contributed by atoms with van der Waals surface area (Å²) in [6, 6.07) is 7.07. The van der Waals surface area contributed by atoms with Crippen molar-refractivity contribution in [2.24, 2.45) is 0 Å². The van der Waals surface area contributed by atoms with E-state index in [-0.39, 0.29) is 5.69 Å². The number of aromatic hydroxyl groups is 1. The summed E-state index contributed by atoms with van der Waals surface area (Å²) in [6.45, 7) is 1.31. The minimum absolute atomic E-state index is 0.0943. The van der Waals surface area contributed by atoms with Gasteiger partial charge in [0.15, 0.2) is 0 Å². The van der Waals surface area contributed by atoms with Crippen LogP contribution in [0.5, 0.6) is 5.75 Å². The number of aromatic carboxylic acids is 1. The topological polar surface area (TPSA) is 102 Å². The second-order valence-corrected chi connectivity index (χ2v) is 5.53. The zero-order chi connectivity index (χ0) is 16.0. The van der Waals surface area contributed by atoms with Crippen LogP contribution in [-0.2, 0) is 13.0 Å². The number of carboxylic acid groups (broad SMARTS) is 1. The summed E-state index contributed by atoms with van der Waals surface area (Å²) in [4.78, 5) is 24.4. The summed E-state index contributed by atoms with van der Waals surface area (Å²) >= 11 is 0. The first kappa shape index (κ1) is 13.6. The van der Waals surface area contributed by atoms with Gasteiger partial charge in [-0.05, 0) is 24.1 Å². The van der Waals surface area contributed by atoms with Crippen molar-refractivity contribution in [1.29, 1.82) is 0 Å². The Morgan fingerprint density at radius 1 is 1.30 bits per heavy atom. The molecular formula is C16H14N4O3. The number of nitrogens with one attached hydrogen (secondary N) is 1. The van der Waals surface area contributed by atoms with E-state index in [9.17, 15) is 9.90 Å². The molecule has 0 bridgehead atoms. The van der Waals surface area contributed by atoms with Gasteiger partial charge in [-0.15, -0.1) is 0 Å². The molecular weight excluding hydrogens is 296 g/mol. The van der Waals surface area contributed by atoms with Crippen LogP contribution in [0.1, 0.15) is 21.6 Å². The molecule has 0 radical (unpaired) electrons. The van der Waals surface area contributed by atoms with Crippen molar-refractivity contribution in [2.75, 3.05) is 11.4 Å². The number of phenolic OH excluding ortho intramolecular Hbond substituents is 1. The van der Waals surface area contributed by atoms with Gasteiger partial charge in [0.2, 0.25) is 0 Å². The third-order valence-corrected chi connectivity index (χ3v) is 4.18. The van der Waals surface area contributed by atoms with Gasteiger partial charge in [0.05, 0.1) is 5.39 Å². The molecule has 4 rings (SSSR count). The van der Waals surface area contributed by atoms with E-state index in [1.165, 1.54) is 6.33 Å². The van der Waals surface area contributed by atoms with Crippen molar-refractivity contribution < 1.29 is 15.0 Å². The van der Waals surface area contributed by atoms with Gasteiger partial charge >= 0.3 is 5.97 Å². The summed E-state index contributed by atoms with van der Waals surface area (Å²) in [5.74, 6) is 0.000368. The molecule has 1 aromatic carbocycles. The minimum atomic E-state index is -1.03. The number of aromatic nitrogens is 3. The summed E-state index contributed by atoms with van der Waals surface area (Å²) < 4.78 is 0. The molecule has 0 saturated carbocycles. The van der Waals surface area contributed by atoms with Crippen LogP contribution in [0, 0.1) is 0 Å². The van der Waals surface area contributed by atoms with E-state index < -0.39 is 5.97 Å². The van der Waals surface area contributed by atoms with Gasteiger partial charge in [-0.2, -0.15) is 0 Å². The third kappa shape index (κ3) is 2.17. The summed E-state index contributed by atoms with van der Waals surface area (Å²) in [6.07, 6.45) is 2.14. The van der Waals surface area contributed by atoms with Crippen LogP contribution in [0.15, 0.2) is 30.6 Å². The van der Waals surface area contributed by atoms with Gasteiger partial charge in [0.25, 0.3) is 0 Å². The number of hydrogen-bond acceptors (Lipinski definition) is 5. The highest BCUT2D eigenvalue weighted by Crippen LogP contribution is 2.31. The number of phenols is 1. The molecule has 7 heteroatoms. The number of aromatic amines is 1. The molecule has 1 aliphatic rings. The van der Waals surface area contributed by atoms with E-state index in [1.54, 1.807) is 12.1 Å². The van der Waals surface area contributed by atoms with Crippen LogP contribution < -0.4 is 4.90 Å². The van der Waals surface area contributed by atoms with Crippen LogP contribution in [0.25, 0.3) is 11.0 Å². The Balaban J connectivity index is 1.77. The molecule has 116 valence electrons. The van der Waals surface area contributed by atoms with Gasteiger partial charge in [0.1, 0.15) is 29.2 Å². The molecule has 0 fully saturated rings. The first-order valence-corrected chi connectivity index (χ1v) is 7.25. The molecule has 0 spiro atoms. The lowest BCUT2D eigenvalue weighted by Gasteiger charge is -2.30. The molecule has 0 atom stereocenters. The predicted molar refractivity (Wildman–Crippen MR) is 83.7 cm³/mol. The Labute approximate surface area is 131 Å². The summed E-state index contributed by atoms with van der Waals surface area (Å²) in [5, 5.41) is 19.8. The van der Waals surface area contributed by atoms with Crippen LogP contribution in [-0.4, -0.2) is 37.7 Å². The molecule has 23 heavy (non-hydrogen) atoms. The Morgan fingerprint density at radius 2 is 2.17 bits per heavy atom. The fourth-order valence-electron chi connectivity index (χ4n) is 3.06. The van der Waals surface area contributed by atoms with Crippen LogP contribution in [0.4, 0.5) is 5.82 Å². The Bertz CT molecular complexity index is 919. The van der Waals surface area contributed by atoms with E-state index in [0.29, 0.717) is 42.1 Å². The van der Waals surface area contributed by atoms with Crippen LogP contribution in [0.3, 0.4) is 0 Å². The Morgan fingerprint density at radius 3 is 3.00 bits per heavy atom. The molecule has 0 saturated heterocycles. The normalized spacial score (nSPS) is 14.0. The molecule has 0 amide bonds. The van der Waals surface area contributed by atoms with E-state index in [4.69, 9.17) is 5.11 Å². The van der Waals surface area contributed by atoms with Crippen molar-refractivity contribution in [3.63, 3.8) is 0 Å². The van der Waals surface area contributed by atoms with Gasteiger partial charge in [-0.25, -0.2) is 14.8 Å². The number of hydrogen-bond donors (Lipinski definition) is 3. The fraction of sp³-hybridized carbons (Fsp3) is 0.188. The van der Waals surface area contributed by atoms with Gasteiger partial charge in [0, 0.05) is 18.7 Å². The maximum atomic E-state index is 11.1. The highest BCUT2D eigenvalue weighted by atomic mass is 16.4. The van der Waals surface area contributed by atoms with Crippen molar-refractivity contribution >= 4 is 22.8 Å². The van der Waals surface area contributed by atoms with Crippen molar-refractivity contribution in [3.05, 3.63) is 47.4 Å². The standard InChI is InChI=1S/C16H14N4O3/c21-13-3-1-2-9-7-20(5-4-10(9)13)15-11-6-12(16(22)23)19-14(11)17-8-18-15/h1-3,6,8,21H,4-5,7H2,(H,22,23)(H,17,18,19). The number of H-pyrrole nitrogens is 1. The second kappa shape index (κ2) is 4.98. The molecule has 0 unspecified atom stereocenters.